The zero-order chi connectivity index (χ0) is 7.56. The molecule has 0 radical (unpaired) electrons. The van der Waals surface area contributed by atoms with Crippen LogP contribution in [0.15, 0.2) is 11.8 Å². The SMILES string of the molecule is NC1=CCC(C(N)O)CC1. The van der Waals surface area contributed by atoms with Crippen molar-refractivity contribution in [2.24, 2.45) is 17.4 Å². The molecule has 0 aromatic heterocycles. The van der Waals surface area contributed by atoms with Gasteiger partial charge in [0.25, 0.3) is 0 Å². The maximum absolute atomic E-state index is 8.97. The van der Waals surface area contributed by atoms with E-state index in [0.29, 0.717) is 0 Å². The van der Waals surface area contributed by atoms with Gasteiger partial charge in [-0.3, -0.25) is 0 Å². The van der Waals surface area contributed by atoms with Gasteiger partial charge in [-0.25, -0.2) is 0 Å². The van der Waals surface area contributed by atoms with Crippen LogP contribution in [0.25, 0.3) is 0 Å². The molecule has 0 amide bonds. The molecule has 3 heteroatoms. The molecule has 1 aliphatic carbocycles. The second kappa shape index (κ2) is 3.03. The van der Waals surface area contributed by atoms with Crippen LogP contribution in [0, 0.1) is 5.92 Å². The summed E-state index contributed by atoms with van der Waals surface area (Å²) in [6, 6.07) is 0. The molecule has 0 fully saturated rings. The van der Waals surface area contributed by atoms with Crippen molar-refractivity contribution in [3.05, 3.63) is 11.8 Å². The molecule has 10 heavy (non-hydrogen) atoms. The average molecular weight is 142 g/mol. The zero-order valence-electron chi connectivity index (χ0n) is 5.96. The lowest BCUT2D eigenvalue weighted by Gasteiger charge is -2.21. The van der Waals surface area contributed by atoms with Gasteiger partial charge < -0.3 is 16.6 Å². The number of aliphatic hydroxyl groups excluding tert-OH is 1. The van der Waals surface area contributed by atoms with Crippen molar-refractivity contribution >= 4 is 0 Å². The van der Waals surface area contributed by atoms with E-state index in [-0.39, 0.29) is 5.92 Å². The third-order valence-electron chi connectivity index (χ3n) is 1.97. The Hall–Kier alpha value is -0.540. The van der Waals surface area contributed by atoms with Gasteiger partial charge >= 0.3 is 0 Å². The fourth-order valence-corrected chi connectivity index (χ4v) is 1.18. The van der Waals surface area contributed by atoms with Gasteiger partial charge in [-0.15, -0.1) is 0 Å². The van der Waals surface area contributed by atoms with E-state index in [2.05, 4.69) is 0 Å². The molecular formula is C7H14N2O. The monoisotopic (exact) mass is 142 g/mol. The van der Waals surface area contributed by atoms with Crippen molar-refractivity contribution in [2.45, 2.75) is 25.5 Å². The van der Waals surface area contributed by atoms with Crippen LogP contribution in [0.5, 0.6) is 0 Å². The van der Waals surface area contributed by atoms with Gasteiger partial charge in [-0.05, 0) is 19.3 Å². The van der Waals surface area contributed by atoms with Crippen molar-refractivity contribution in [3.63, 3.8) is 0 Å². The van der Waals surface area contributed by atoms with Gasteiger partial charge in [0.2, 0.25) is 0 Å². The number of hydrogen-bond donors (Lipinski definition) is 3. The molecule has 2 unspecified atom stereocenters. The Labute approximate surface area is 60.7 Å². The smallest absolute Gasteiger partial charge is 0.105 e. The van der Waals surface area contributed by atoms with Gasteiger partial charge in [0.1, 0.15) is 6.23 Å². The molecule has 0 spiro atoms. The highest BCUT2D eigenvalue weighted by molar-refractivity contribution is 5.02. The normalized spacial score (nSPS) is 29.4. The summed E-state index contributed by atoms with van der Waals surface area (Å²) in [6.45, 7) is 0. The standard InChI is InChI=1S/C7H14N2O/c8-6-3-1-5(2-4-6)7(9)10/h3,5,7,10H,1-2,4,8-9H2. The molecule has 3 nitrogen and oxygen atoms in total. The Bertz CT molecular complexity index is 143. The topological polar surface area (TPSA) is 72.3 Å². The molecule has 0 aromatic rings. The maximum atomic E-state index is 8.97. The summed E-state index contributed by atoms with van der Waals surface area (Å²) in [4.78, 5) is 0. The summed E-state index contributed by atoms with van der Waals surface area (Å²) in [5, 5.41) is 8.97. The molecule has 0 bridgehead atoms. The quantitative estimate of drug-likeness (QED) is 0.448. The summed E-state index contributed by atoms with van der Waals surface area (Å²) in [5.41, 5.74) is 11.8. The first-order valence-corrected chi connectivity index (χ1v) is 3.58. The molecule has 1 aliphatic rings. The van der Waals surface area contributed by atoms with Crippen molar-refractivity contribution in [1.29, 1.82) is 0 Å². The Morgan fingerprint density at radius 2 is 2.40 bits per heavy atom. The lowest BCUT2D eigenvalue weighted by atomic mass is 9.91. The Morgan fingerprint density at radius 3 is 2.80 bits per heavy atom. The average Bonchev–Trinajstić information content (AvgIpc) is 1.88. The van der Waals surface area contributed by atoms with E-state index in [9.17, 15) is 0 Å². The van der Waals surface area contributed by atoms with Crippen LogP contribution in [0.2, 0.25) is 0 Å². The molecule has 5 N–H and O–H groups in total. The number of rotatable bonds is 1. The largest absolute Gasteiger partial charge is 0.402 e. The summed E-state index contributed by atoms with van der Waals surface area (Å²) in [6.07, 6.45) is 3.89. The van der Waals surface area contributed by atoms with Crippen LogP contribution in [0.3, 0.4) is 0 Å². The Kier molecular flexibility index (Phi) is 2.29. The lowest BCUT2D eigenvalue weighted by Crippen LogP contribution is -2.31. The Balaban J connectivity index is 2.42. The third kappa shape index (κ3) is 1.72. The van der Waals surface area contributed by atoms with Crippen molar-refractivity contribution < 1.29 is 5.11 Å². The molecule has 0 heterocycles. The van der Waals surface area contributed by atoms with E-state index in [4.69, 9.17) is 16.6 Å². The van der Waals surface area contributed by atoms with Crippen LogP contribution >= 0.6 is 0 Å². The highest BCUT2D eigenvalue weighted by atomic mass is 16.3. The molecule has 0 aliphatic heterocycles. The van der Waals surface area contributed by atoms with E-state index >= 15 is 0 Å². The van der Waals surface area contributed by atoms with Gasteiger partial charge in [0, 0.05) is 11.6 Å². The Morgan fingerprint density at radius 1 is 1.70 bits per heavy atom. The minimum absolute atomic E-state index is 0.215. The van der Waals surface area contributed by atoms with Crippen LogP contribution in [-0.4, -0.2) is 11.3 Å². The minimum atomic E-state index is -0.677. The number of allylic oxidation sites excluding steroid dienone is 2. The van der Waals surface area contributed by atoms with Crippen molar-refractivity contribution in [3.8, 4) is 0 Å². The lowest BCUT2D eigenvalue weighted by molar-refractivity contribution is 0.107. The first-order valence-electron chi connectivity index (χ1n) is 3.58. The molecule has 2 atom stereocenters. The molecule has 58 valence electrons. The van der Waals surface area contributed by atoms with Gasteiger partial charge in [-0.1, -0.05) is 6.08 Å². The van der Waals surface area contributed by atoms with Gasteiger partial charge in [0.05, 0.1) is 0 Å². The van der Waals surface area contributed by atoms with Gasteiger partial charge in [-0.2, -0.15) is 0 Å². The van der Waals surface area contributed by atoms with E-state index in [0.717, 1.165) is 25.0 Å². The molecule has 0 aromatic carbocycles. The van der Waals surface area contributed by atoms with E-state index in [1.807, 2.05) is 6.08 Å². The van der Waals surface area contributed by atoms with Crippen LogP contribution in [0.1, 0.15) is 19.3 Å². The maximum Gasteiger partial charge on any atom is 0.105 e. The highest BCUT2D eigenvalue weighted by Gasteiger charge is 2.17. The third-order valence-corrected chi connectivity index (χ3v) is 1.97. The van der Waals surface area contributed by atoms with E-state index in [1.54, 1.807) is 0 Å². The predicted molar refractivity (Wildman–Crippen MR) is 39.8 cm³/mol. The first-order chi connectivity index (χ1) is 4.70. The number of hydrogen-bond acceptors (Lipinski definition) is 3. The number of nitrogens with two attached hydrogens (primary N) is 2. The summed E-state index contributed by atoms with van der Waals surface area (Å²) in [5.74, 6) is 0.215. The van der Waals surface area contributed by atoms with Crippen LogP contribution in [0.4, 0.5) is 0 Å². The fraction of sp³-hybridized carbons (Fsp3) is 0.714. The fourth-order valence-electron chi connectivity index (χ4n) is 1.18. The zero-order valence-corrected chi connectivity index (χ0v) is 5.96. The number of aliphatic hydroxyl groups is 1. The second-order valence-electron chi connectivity index (χ2n) is 2.80. The predicted octanol–water partition coefficient (Wildman–Crippen LogP) is -0.0938. The molecule has 0 saturated heterocycles. The first kappa shape index (κ1) is 7.57. The van der Waals surface area contributed by atoms with Crippen molar-refractivity contribution in [1.82, 2.24) is 0 Å². The minimum Gasteiger partial charge on any atom is -0.402 e. The van der Waals surface area contributed by atoms with Gasteiger partial charge in [0.15, 0.2) is 0 Å². The molecular weight excluding hydrogens is 128 g/mol. The molecule has 1 rings (SSSR count). The summed E-state index contributed by atoms with van der Waals surface area (Å²) in [7, 11) is 0. The summed E-state index contributed by atoms with van der Waals surface area (Å²) < 4.78 is 0. The highest BCUT2D eigenvalue weighted by Crippen LogP contribution is 2.21. The van der Waals surface area contributed by atoms with E-state index < -0.39 is 6.23 Å². The van der Waals surface area contributed by atoms with Crippen LogP contribution < -0.4 is 11.5 Å². The molecule has 0 saturated carbocycles. The second-order valence-corrected chi connectivity index (χ2v) is 2.80. The van der Waals surface area contributed by atoms with E-state index in [1.165, 1.54) is 0 Å². The van der Waals surface area contributed by atoms with Crippen LogP contribution in [-0.2, 0) is 0 Å². The van der Waals surface area contributed by atoms with Crippen molar-refractivity contribution in [2.75, 3.05) is 0 Å². The summed E-state index contributed by atoms with van der Waals surface area (Å²) >= 11 is 0.